The number of nitro benzene ring substituents is 1. The molecule has 0 N–H and O–H groups in total. The van der Waals surface area contributed by atoms with Crippen molar-refractivity contribution in [2.45, 2.75) is 6.92 Å². The molecule has 0 saturated heterocycles. The summed E-state index contributed by atoms with van der Waals surface area (Å²) in [7, 11) is 0. The summed E-state index contributed by atoms with van der Waals surface area (Å²) in [5, 5.41) is 12.5. The number of halogens is 1. The van der Waals surface area contributed by atoms with Crippen molar-refractivity contribution < 1.29 is 4.92 Å². The fourth-order valence-corrected chi connectivity index (χ4v) is 1.99. The highest BCUT2D eigenvalue weighted by Crippen LogP contribution is 2.31. The SMILES string of the molecule is Cc1ccc2ccc(Br)cc2c1[N+](=O)[O-]. The molecule has 0 fully saturated rings. The molecule has 0 saturated carbocycles. The number of aryl methyl sites for hydroxylation is 1. The largest absolute Gasteiger partial charge is 0.280 e. The van der Waals surface area contributed by atoms with Crippen molar-refractivity contribution >= 4 is 32.4 Å². The minimum Gasteiger partial charge on any atom is -0.258 e. The van der Waals surface area contributed by atoms with Crippen LogP contribution in [0.15, 0.2) is 34.8 Å². The molecule has 0 spiro atoms. The first-order valence-electron chi connectivity index (χ1n) is 4.43. The molecular weight excluding hydrogens is 258 g/mol. The highest BCUT2D eigenvalue weighted by Gasteiger charge is 2.15. The van der Waals surface area contributed by atoms with Crippen LogP contribution >= 0.6 is 15.9 Å². The monoisotopic (exact) mass is 265 g/mol. The van der Waals surface area contributed by atoms with E-state index in [0.717, 1.165) is 9.86 Å². The number of benzene rings is 2. The van der Waals surface area contributed by atoms with Crippen LogP contribution in [-0.4, -0.2) is 4.92 Å². The molecule has 3 nitrogen and oxygen atoms in total. The predicted molar refractivity (Wildman–Crippen MR) is 63.0 cm³/mol. The fraction of sp³-hybridized carbons (Fsp3) is 0.0909. The van der Waals surface area contributed by atoms with Gasteiger partial charge >= 0.3 is 0 Å². The molecule has 0 aliphatic rings. The van der Waals surface area contributed by atoms with E-state index < -0.39 is 0 Å². The molecule has 76 valence electrons. The van der Waals surface area contributed by atoms with Crippen molar-refractivity contribution in [2.75, 3.05) is 0 Å². The second kappa shape index (κ2) is 3.62. The summed E-state index contributed by atoms with van der Waals surface area (Å²) in [6.45, 7) is 1.75. The van der Waals surface area contributed by atoms with Crippen molar-refractivity contribution in [3.05, 3.63) is 50.5 Å². The highest BCUT2D eigenvalue weighted by atomic mass is 79.9. The van der Waals surface area contributed by atoms with Crippen molar-refractivity contribution in [1.29, 1.82) is 0 Å². The lowest BCUT2D eigenvalue weighted by molar-refractivity contribution is -0.383. The van der Waals surface area contributed by atoms with Crippen LogP contribution < -0.4 is 0 Å². The predicted octanol–water partition coefficient (Wildman–Crippen LogP) is 3.82. The first kappa shape index (κ1) is 10.1. The molecule has 2 rings (SSSR count). The Kier molecular flexibility index (Phi) is 2.44. The first-order chi connectivity index (χ1) is 7.09. The third-order valence-corrected chi connectivity index (χ3v) is 2.83. The third kappa shape index (κ3) is 1.72. The number of hydrogen-bond donors (Lipinski definition) is 0. The molecule has 15 heavy (non-hydrogen) atoms. The van der Waals surface area contributed by atoms with Gasteiger partial charge in [0.05, 0.1) is 10.3 Å². The average molecular weight is 266 g/mol. The normalized spacial score (nSPS) is 10.5. The molecule has 0 heterocycles. The molecule has 0 radical (unpaired) electrons. The van der Waals surface area contributed by atoms with E-state index >= 15 is 0 Å². The maximum atomic E-state index is 10.9. The molecule has 4 heteroatoms. The zero-order chi connectivity index (χ0) is 11.0. The van der Waals surface area contributed by atoms with Crippen molar-refractivity contribution in [3.8, 4) is 0 Å². The molecule has 0 bridgehead atoms. The van der Waals surface area contributed by atoms with Crippen LogP contribution in [0.2, 0.25) is 0 Å². The van der Waals surface area contributed by atoms with E-state index in [2.05, 4.69) is 15.9 Å². The van der Waals surface area contributed by atoms with E-state index in [1.54, 1.807) is 19.1 Å². The van der Waals surface area contributed by atoms with Gasteiger partial charge in [0.2, 0.25) is 0 Å². The third-order valence-electron chi connectivity index (χ3n) is 2.34. The van der Waals surface area contributed by atoms with Crippen LogP contribution in [0.4, 0.5) is 5.69 Å². The summed E-state index contributed by atoms with van der Waals surface area (Å²) in [4.78, 5) is 10.6. The van der Waals surface area contributed by atoms with Crippen LogP contribution in [-0.2, 0) is 0 Å². The lowest BCUT2D eigenvalue weighted by atomic mass is 10.1. The lowest BCUT2D eigenvalue weighted by Crippen LogP contribution is -1.92. The van der Waals surface area contributed by atoms with Crippen LogP contribution in [0.5, 0.6) is 0 Å². The summed E-state index contributed by atoms with van der Waals surface area (Å²) >= 11 is 3.32. The zero-order valence-corrected chi connectivity index (χ0v) is 9.61. The molecular formula is C11H8BrNO2. The van der Waals surface area contributed by atoms with Crippen molar-refractivity contribution in [2.24, 2.45) is 0 Å². The first-order valence-corrected chi connectivity index (χ1v) is 5.22. The van der Waals surface area contributed by atoms with Gasteiger partial charge in [0.15, 0.2) is 0 Å². The van der Waals surface area contributed by atoms with E-state index in [0.29, 0.717) is 10.9 Å². The van der Waals surface area contributed by atoms with Crippen molar-refractivity contribution in [3.63, 3.8) is 0 Å². The topological polar surface area (TPSA) is 43.1 Å². The van der Waals surface area contributed by atoms with Gasteiger partial charge in [-0.1, -0.05) is 34.1 Å². The molecule has 0 aliphatic carbocycles. The Labute approximate surface area is 95.0 Å². The van der Waals surface area contributed by atoms with Gasteiger partial charge in [0, 0.05) is 10.0 Å². The maximum absolute atomic E-state index is 10.9. The number of hydrogen-bond acceptors (Lipinski definition) is 2. The number of nitro groups is 1. The fourth-order valence-electron chi connectivity index (χ4n) is 1.63. The van der Waals surface area contributed by atoms with Crippen LogP contribution in [0, 0.1) is 17.0 Å². The number of fused-ring (bicyclic) bond motifs is 1. The van der Waals surface area contributed by atoms with Gasteiger partial charge in [0.1, 0.15) is 0 Å². The Bertz CT molecular complexity index is 546. The number of nitrogens with zero attached hydrogens (tertiary/aromatic N) is 1. The van der Waals surface area contributed by atoms with E-state index in [-0.39, 0.29) is 10.6 Å². The standard InChI is InChI=1S/C11H8BrNO2/c1-7-2-3-8-4-5-9(12)6-10(8)11(7)13(14)15/h2-6H,1H3. The molecule has 0 atom stereocenters. The molecule has 0 unspecified atom stereocenters. The van der Waals surface area contributed by atoms with Crippen LogP contribution in [0.1, 0.15) is 5.56 Å². The average Bonchev–Trinajstić information content (AvgIpc) is 2.16. The summed E-state index contributed by atoms with van der Waals surface area (Å²) < 4.78 is 0.851. The summed E-state index contributed by atoms with van der Waals surface area (Å²) in [5.41, 5.74) is 0.874. The summed E-state index contributed by atoms with van der Waals surface area (Å²) in [6.07, 6.45) is 0. The van der Waals surface area contributed by atoms with E-state index in [1.165, 1.54) is 0 Å². The van der Waals surface area contributed by atoms with Crippen LogP contribution in [0.25, 0.3) is 10.8 Å². The lowest BCUT2D eigenvalue weighted by Gasteiger charge is -2.02. The van der Waals surface area contributed by atoms with Gasteiger partial charge in [-0.15, -0.1) is 0 Å². The van der Waals surface area contributed by atoms with E-state index in [4.69, 9.17) is 0 Å². The highest BCUT2D eigenvalue weighted by molar-refractivity contribution is 9.10. The van der Waals surface area contributed by atoms with Crippen molar-refractivity contribution in [1.82, 2.24) is 0 Å². The molecule has 0 aliphatic heterocycles. The molecule has 2 aromatic rings. The summed E-state index contributed by atoms with van der Waals surface area (Å²) in [5.74, 6) is 0. The van der Waals surface area contributed by atoms with Gasteiger partial charge in [-0.25, -0.2) is 0 Å². The molecule has 2 aromatic carbocycles. The maximum Gasteiger partial charge on any atom is 0.280 e. The Morgan fingerprint density at radius 1 is 1.27 bits per heavy atom. The van der Waals surface area contributed by atoms with Gasteiger partial charge in [0.25, 0.3) is 5.69 Å². The minimum absolute atomic E-state index is 0.189. The quantitative estimate of drug-likeness (QED) is 0.581. The Morgan fingerprint density at radius 2 is 1.93 bits per heavy atom. The second-order valence-electron chi connectivity index (χ2n) is 3.35. The summed E-state index contributed by atoms with van der Waals surface area (Å²) in [6, 6.07) is 9.19. The van der Waals surface area contributed by atoms with Gasteiger partial charge in [-0.05, 0) is 24.4 Å². The molecule has 0 aromatic heterocycles. The van der Waals surface area contributed by atoms with Gasteiger partial charge < -0.3 is 0 Å². The Hall–Kier alpha value is -1.42. The Morgan fingerprint density at radius 3 is 2.60 bits per heavy atom. The van der Waals surface area contributed by atoms with Gasteiger partial charge in [-0.3, -0.25) is 10.1 Å². The van der Waals surface area contributed by atoms with Gasteiger partial charge in [-0.2, -0.15) is 0 Å². The van der Waals surface area contributed by atoms with Crippen LogP contribution in [0.3, 0.4) is 0 Å². The van der Waals surface area contributed by atoms with E-state index in [9.17, 15) is 10.1 Å². The zero-order valence-electron chi connectivity index (χ0n) is 8.03. The smallest absolute Gasteiger partial charge is 0.258 e. The van der Waals surface area contributed by atoms with E-state index in [1.807, 2.05) is 18.2 Å². The number of rotatable bonds is 1. The minimum atomic E-state index is -0.329. The second-order valence-corrected chi connectivity index (χ2v) is 4.27. The Balaban J connectivity index is 2.90. The molecule has 0 amide bonds.